The Hall–Kier alpha value is -1.42. The molecule has 0 saturated heterocycles. The average Bonchev–Trinajstić information content (AvgIpc) is 2.68. The Morgan fingerprint density at radius 2 is 2.31 bits per heavy atom. The van der Waals surface area contributed by atoms with Gasteiger partial charge in [0.15, 0.2) is 0 Å². The second-order valence-electron chi connectivity index (χ2n) is 3.52. The molecular formula is C12H13NO2S. The molecule has 1 heterocycles. The number of hydrogen-bond donors (Lipinski definition) is 2. The number of aromatic amines is 1. The van der Waals surface area contributed by atoms with Crippen LogP contribution >= 0.6 is 11.8 Å². The number of rotatable bonds is 4. The Bertz CT molecular complexity index is 519. The lowest BCUT2D eigenvalue weighted by Gasteiger charge is -1.98. The van der Waals surface area contributed by atoms with Crippen molar-refractivity contribution in [1.82, 2.24) is 4.98 Å². The van der Waals surface area contributed by atoms with E-state index in [4.69, 9.17) is 5.11 Å². The third kappa shape index (κ3) is 2.07. The van der Waals surface area contributed by atoms with E-state index >= 15 is 0 Å². The highest BCUT2D eigenvalue weighted by Gasteiger charge is 2.07. The molecule has 2 rings (SSSR count). The van der Waals surface area contributed by atoms with Gasteiger partial charge in [-0.1, -0.05) is 13.0 Å². The molecule has 0 amide bonds. The van der Waals surface area contributed by atoms with Crippen molar-refractivity contribution in [1.29, 1.82) is 0 Å². The molecule has 2 N–H and O–H groups in total. The normalized spacial score (nSPS) is 10.8. The van der Waals surface area contributed by atoms with Crippen LogP contribution in [0.2, 0.25) is 0 Å². The summed E-state index contributed by atoms with van der Waals surface area (Å²) in [4.78, 5) is 13.9. The summed E-state index contributed by atoms with van der Waals surface area (Å²) in [6.07, 6.45) is 1.96. The molecule has 0 radical (unpaired) electrons. The monoisotopic (exact) mass is 235 g/mol. The van der Waals surface area contributed by atoms with E-state index < -0.39 is 5.97 Å². The molecule has 0 aliphatic rings. The van der Waals surface area contributed by atoms with Gasteiger partial charge >= 0.3 is 5.97 Å². The van der Waals surface area contributed by atoms with Crippen LogP contribution in [-0.2, 0) is 5.75 Å². The Morgan fingerprint density at radius 1 is 1.50 bits per heavy atom. The summed E-state index contributed by atoms with van der Waals surface area (Å²) < 4.78 is 0. The van der Waals surface area contributed by atoms with Crippen LogP contribution in [0, 0.1) is 0 Å². The molecule has 0 aliphatic heterocycles. The minimum Gasteiger partial charge on any atom is -0.478 e. The number of aromatic carboxylic acids is 1. The SMILES string of the molecule is CCSCc1c[nH]c2cc(C(=O)O)ccc12. The van der Waals surface area contributed by atoms with Crippen molar-refractivity contribution < 1.29 is 9.90 Å². The third-order valence-electron chi connectivity index (χ3n) is 2.48. The molecule has 4 heteroatoms. The molecule has 0 saturated carbocycles. The van der Waals surface area contributed by atoms with Crippen LogP contribution in [0.5, 0.6) is 0 Å². The van der Waals surface area contributed by atoms with E-state index in [0.29, 0.717) is 5.56 Å². The van der Waals surface area contributed by atoms with Crippen LogP contribution in [0.4, 0.5) is 0 Å². The van der Waals surface area contributed by atoms with E-state index in [9.17, 15) is 4.79 Å². The number of H-pyrrole nitrogens is 1. The number of benzene rings is 1. The number of carboxylic acid groups (broad SMARTS) is 1. The van der Waals surface area contributed by atoms with Gasteiger partial charge in [0.25, 0.3) is 0 Å². The minimum atomic E-state index is -0.888. The average molecular weight is 235 g/mol. The zero-order valence-electron chi connectivity index (χ0n) is 8.99. The number of fused-ring (bicyclic) bond motifs is 1. The van der Waals surface area contributed by atoms with Gasteiger partial charge in [0.2, 0.25) is 0 Å². The van der Waals surface area contributed by atoms with E-state index in [0.717, 1.165) is 22.4 Å². The van der Waals surface area contributed by atoms with Gasteiger partial charge in [0, 0.05) is 22.9 Å². The van der Waals surface area contributed by atoms with Gasteiger partial charge in [-0.25, -0.2) is 4.79 Å². The fraction of sp³-hybridized carbons (Fsp3) is 0.250. The van der Waals surface area contributed by atoms with Gasteiger partial charge in [-0.2, -0.15) is 11.8 Å². The highest BCUT2D eigenvalue weighted by atomic mass is 32.2. The van der Waals surface area contributed by atoms with Crippen LogP contribution < -0.4 is 0 Å². The van der Waals surface area contributed by atoms with Gasteiger partial charge in [0.05, 0.1) is 5.56 Å². The van der Waals surface area contributed by atoms with Gasteiger partial charge < -0.3 is 10.1 Å². The molecule has 0 atom stereocenters. The molecule has 84 valence electrons. The third-order valence-corrected chi connectivity index (χ3v) is 3.40. The first-order valence-corrected chi connectivity index (χ1v) is 6.29. The lowest BCUT2D eigenvalue weighted by atomic mass is 10.1. The molecule has 0 bridgehead atoms. The Labute approximate surface area is 97.9 Å². The summed E-state index contributed by atoms with van der Waals surface area (Å²) >= 11 is 1.85. The fourth-order valence-corrected chi connectivity index (χ4v) is 2.31. The van der Waals surface area contributed by atoms with Crippen LogP contribution in [-0.4, -0.2) is 21.8 Å². The molecule has 16 heavy (non-hydrogen) atoms. The number of hydrogen-bond acceptors (Lipinski definition) is 2. The van der Waals surface area contributed by atoms with Gasteiger partial charge in [-0.3, -0.25) is 0 Å². The molecule has 2 aromatic rings. The second-order valence-corrected chi connectivity index (χ2v) is 4.79. The van der Waals surface area contributed by atoms with Crippen LogP contribution in [0.1, 0.15) is 22.8 Å². The van der Waals surface area contributed by atoms with E-state index in [1.165, 1.54) is 5.56 Å². The smallest absolute Gasteiger partial charge is 0.335 e. The first-order valence-electron chi connectivity index (χ1n) is 5.13. The van der Waals surface area contributed by atoms with Crippen molar-refractivity contribution in [2.24, 2.45) is 0 Å². The Kier molecular flexibility index (Phi) is 3.19. The lowest BCUT2D eigenvalue weighted by molar-refractivity contribution is 0.0697. The van der Waals surface area contributed by atoms with Gasteiger partial charge in [0.1, 0.15) is 0 Å². The lowest BCUT2D eigenvalue weighted by Crippen LogP contribution is -1.94. The van der Waals surface area contributed by atoms with Crippen molar-refractivity contribution >= 4 is 28.6 Å². The van der Waals surface area contributed by atoms with E-state index in [1.807, 2.05) is 24.0 Å². The Balaban J connectivity index is 2.38. The van der Waals surface area contributed by atoms with Crippen molar-refractivity contribution in [3.63, 3.8) is 0 Å². The fourth-order valence-electron chi connectivity index (χ4n) is 1.65. The number of aromatic nitrogens is 1. The van der Waals surface area contributed by atoms with Gasteiger partial charge in [-0.05, 0) is 23.4 Å². The van der Waals surface area contributed by atoms with E-state index in [1.54, 1.807) is 12.1 Å². The van der Waals surface area contributed by atoms with Crippen LogP contribution in [0.25, 0.3) is 10.9 Å². The van der Waals surface area contributed by atoms with Crippen LogP contribution in [0.15, 0.2) is 24.4 Å². The number of carbonyl (C=O) groups is 1. The summed E-state index contributed by atoms with van der Waals surface area (Å²) in [5.74, 6) is 1.16. The molecule has 3 nitrogen and oxygen atoms in total. The van der Waals surface area contributed by atoms with Crippen molar-refractivity contribution in [2.75, 3.05) is 5.75 Å². The largest absolute Gasteiger partial charge is 0.478 e. The first kappa shape index (κ1) is 11.1. The molecule has 0 aliphatic carbocycles. The first-order chi connectivity index (χ1) is 7.72. The predicted octanol–water partition coefficient (Wildman–Crippen LogP) is 3.12. The zero-order chi connectivity index (χ0) is 11.5. The second kappa shape index (κ2) is 4.61. The maximum absolute atomic E-state index is 10.8. The molecule has 1 aromatic carbocycles. The van der Waals surface area contributed by atoms with E-state index in [2.05, 4.69) is 11.9 Å². The predicted molar refractivity (Wildman–Crippen MR) is 67.1 cm³/mol. The summed E-state index contributed by atoms with van der Waals surface area (Å²) in [5, 5.41) is 9.99. The molecular weight excluding hydrogens is 222 g/mol. The number of carboxylic acids is 1. The summed E-state index contributed by atoms with van der Waals surface area (Å²) in [7, 11) is 0. The zero-order valence-corrected chi connectivity index (χ0v) is 9.80. The number of nitrogens with one attached hydrogen (secondary N) is 1. The summed E-state index contributed by atoms with van der Waals surface area (Å²) in [5.41, 5.74) is 2.45. The topological polar surface area (TPSA) is 53.1 Å². The highest BCUT2D eigenvalue weighted by Crippen LogP contribution is 2.23. The quantitative estimate of drug-likeness (QED) is 0.856. The summed E-state index contributed by atoms with van der Waals surface area (Å²) in [6, 6.07) is 5.21. The highest BCUT2D eigenvalue weighted by molar-refractivity contribution is 7.98. The maximum atomic E-state index is 10.8. The van der Waals surface area contributed by atoms with Crippen molar-refractivity contribution in [3.05, 3.63) is 35.5 Å². The van der Waals surface area contributed by atoms with E-state index in [-0.39, 0.29) is 0 Å². The van der Waals surface area contributed by atoms with Crippen molar-refractivity contribution in [2.45, 2.75) is 12.7 Å². The molecule has 0 fully saturated rings. The Morgan fingerprint density at radius 3 is 3.00 bits per heavy atom. The standard InChI is InChI=1S/C12H13NO2S/c1-2-16-7-9-6-13-11-5-8(12(14)15)3-4-10(9)11/h3-6,13H,2,7H2,1H3,(H,14,15). The number of thioether (sulfide) groups is 1. The van der Waals surface area contributed by atoms with Crippen LogP contribution in [0.3, 0.4) is 0 Å². The van der Waals surface area contributed by atoms with Crippen molar-refractivity contribution in [3.8, 4) is 0 Å². The molecule has 1 aromatic heterocycles. The molecule has 0 spiro atoms. The van der Waals surface area contributed by atoms with Gasteiger partial charge in [-0.15, -0.1) is 0 Å². The summed E-state index contributed by atoms with van der Waals surface area (Å²) in [6.45, 7) is 2.13. The maximum Gasteiger partial charge on any atom is 0.335 e. The molecule has 0 unspecified atom stereocenters. The minimum absolute atomic E-state index is 0.323.